The molecule has 1 aliphatic rings. The second-order valence-electron chi connectivity index (χ2n) is 7.44. The molecular weight excluding hydrogens is 256 g/mol. The third-order valence-corrected chi connectivity index (χ3v) is 4.88. The van der Waals surface area contributed by atoms with Crippen molar-refractivity contribution in [1.29, 1.82) is 0 Å². The highest BCUT2D eigenvalue weighted by molar-refractivity contribution is 5.45. The summed E-state index contributed by atoms with van der Waals surface area (Å²) in [7, 11) is 2.23. The molecule has 1 saturated carbocycles. The van der Waals surface area contributed by atoms with Crippen LogP contribution >= 0.6 is 0 Å². The van der Waals surface area contributed by atoms with Crippen LogP contribution in [0.3, 0.4) is 0 Å². The summed E-state index contributed by atoms with van der Waals surface area (Å²) >= 11 is 0. The van der Waals surface area contributed by atoms with Crippen LogP contribution < -0.4 is 10.2 Å². The highest BCUT2D eigenvalue weighted by Crippen LogP contribution is 2.39. The number of benzene rings is 1. The van der Waals surface area contributed by atoms with Crippen LogP contribution in [-0.4, -0.2) is 26.2 Å². The number of nitrogens with zero attached hydrogens (tertiary/aromatic N) is 1. The van der Waals surface area contributed by atoms with Crippen LogP contribution in [0, 0.1) is 11.3 Å². The van der Waals surface area contributed by atoms with Gasteiger partial charge in [-0.2, -0.15) is 0 Å². The van der Waals surface area contributed by atoms with Gasteiger partial charge in [0.2, 0.25) is 0 Å². The van der Waals surface area contributed by atoms with Gasteiger partial charge in [0.1, 0.15) is 0 Å². The molecule has 118 valence electrons. The molecule has 1 N–H and O–H groups in total. The summed E-state index contributed by atoms with van der Waals surface area (Å²) in [6, 6.07) is 11.5. The summed E-state index contributed by atoms with van der Waals surface area (Å²) in [5.74, 6) is 0.741. The maximum absolute atomic E-state index is 3.79. The van der Waals surface area contributed by atoms with Gasteiger partial charge in [0.25, 0.3) is 0 Å². The second kappa shape index (κ2) is 7.31. The Hall–Kier alpha value is -1.02. The zero-order valence-corrected chi connectivity index (χ0v) is 14.2. The molecule has 0 heterocycles. The monoisotopic (exact) mass is 288 g/mol. The van der Waals surface area contributed by atoms with Gasteiger partial charge in [-0.25, -0.2) is 0 Å². The highest BCUT2D eigenvalue weighted by Gasteiger charge is 2.34. The van der Waals surface area contributed by atoms with Gasteiger partial charge in [-0.15, -0.1) is 0 Å². The first kappa shape index (κ1) is 16.4. The fraction of sp³-hybridized carbons (Fsp3) is 0.684. The first-order valence-corrected chi connectivity index (χ1v) is 8.51. The molecule has 2 atom stereocenters. The molecule has 0 aromatic heterocycles. The number of para-hydroxylation sites is 1. The Balaban J connectivity index is 2.01. The summed E-state index contributed by atoms with van der Waals surface area (Å²) in [6.45, 7) is 9.41. The van der Waals surface area contributed by atoms with Gasteiger partial charge in [0.05, 0.1) is 0 Å². The maximum Gasteiger partial charge on any atom is 0.0363 e. The van der Waals surface area contributed by atoms with Crippen molar-refractivity contribution in [3.63, 3.8) is 0 Å². The molecule has 2 rings (SSSR count). The van der Waals surface area contributed by atoms with Crippen molar-refractivity contribution in [3.05, 3.63) is 30.3 Å². The lowest BCUT2D eigenvalue weighted by molar-refractivity contribution is 0.142. The van der Waals surface area contributed by atoms with E-state index in [0.717, 1.165) is 19.0 Å². The Bertz CT molecular complexity index is 413. The van der Waals surface area contributed by atoms with Crippen molar-refractivity contribution in [2.75, 3.05) is 25.0 Å². The van der Waals surface area contributed by atoms with Crippen molar-refractivity contribution in [2.24, 2.45) is 11.3 Å². The van der Waals surface area contributed by atoms with Crippen LogP contribution in [0.4, 0.5) is 5.69 Å². The molecule has 1 aromatic rings. The molecule has 2 nitrogen and oxygen atoms in total. The average Bonchev–Trinajstić information content (AvgIpc) is 2.47. The third-order valence-electron chi connectivity index (χ3n) is 4.88. The predicted octanol–water partition coefficient (Wildman–Crippen LogP) is 4.32. The van der Waals surface area contributed by atoms with E-state index in [4.69, 9.17) is 0 Å². The summed E-state index contributed by atoms with van der Waals surface area (Å²) < 4.78 is 0. The molecule has 2 heteroatoms. The largest absolute Gasteiger partial charge is 0.374 e. The van der Waals surface area contributed by atoms with E-state index in [1.54, 1.807) is 0 Å². The van der Waals surface area contributed by atoms with Crippen molar-refractivity contribution < 1.29 is 0 Å². The summed E-state index contributed by atoms with van der Waals surface area (Å²) in [4.78, 5) is 2.42. The Morgan fingerprint density at radius 2 is 1.95 bits per heavy atom. The standard InChI is InChI=1S/C19H32N2/c1-5-13-20-18-11-12-19(2,3)14-16(18)15-21(4)17-9-7-6-8-10-17/h6-10,16,18,20H,5,11-15H2,1-4H3. The minimum atomic E-state index is 0.493. The number of hydrogen-bond donors (Lipinski definition) is 1. The van der Waals surface area contributed by atoms with Gasteiger partial charge < -0.3 is 10.2 Å². The summed E-state index contributed by atoms with van der Waals surface area (Å²) in [6.07, 6.45) is 5.22. The predicted molar refractivity (Wildman–Crippen MR) is 92.9 cm³/mol. The first-order chi connectivity index (χ1) is 10.0. The number of rotatable bonds is 6. The molecule has 0 amide bonds. The number of nitrogens with one attached hydrogen (secondary N) is 1. The van der Waals surface area contributed by atoms with Gasteiger partial charge in [0.15, 0.2) is 0 Å². The van der Waals surface area contributed by atoms with Gasteiger partial charge in [-0.3, -0.25) is 0 Å². The van der Waals surface area contributed by atoms with Crippen LogP contribution in [-0.2, 0) is 0 Å². The smallest absolute Gasteiger partial charge is 0.0363 e. The first-order valence-electron chi connectivity index (χ1n) is 8.51. The van der Waals surface area contributed by atoms with Crippen molar-refractivity contribution in [3.8, 4) is 0 Å². The molecule has 0 saturated heterocycles. The van der Waals surface area contributed by atoms with E-state index in [0.29, 0.717) is 11.5 Å². The molecule has 0 spiro atoms. The Morgan fingerprint density at radius 3 is 2.62 bits per heavy atom. The van der Waals surface area contributed by atoms with E-state index in [1.165, 1.54) is 31.4 Å². The highest BCUT2D eigenvalue weighted by atomic mass is 15.1. The van der Waals surface area contributed by atoms with E-state index in [1.807, 2.05) is 0 Å². The lowest BCUT2D eigenvalue weighted by atomic mass is 9.69. The minimum Gasteiger partial charge on any atom is -0.374 e. The van der Waals surface area contributed by atoms with E-state index in [2.05, 4.69) is 68.4 Å². The van der Waals surface area contributed by atoms with Crippen molar-refractivity contribution in [2.45, 2.75) is 52.5 Å². The third kappa shape index (κ3) is 4.74. The minimum absolute atomic E-state index is 0.493. The van der Waals surface area contributed by atoms with Crippen LogP contribution in [0.25, 0.3) is 0 Å². The zero-order valence-electron chi connectivity index (χ0n) is 14.2. The van der Waals surface area contributed by atoms with E-state index in [9.17, 15) is 0 Å². The van der Waals surface area contributed by atoms with Crippen LogP contribution in [0.5, 0.6) is 0 Å². The fourth-order valence-corrected chi connectivity index (χ4v) is 3.67. The number of anilines is 1. The van der Waals surface area contributed by atoms with Gasteiger partial charge in [-0.1, -0.05) is 39.0 Å². The number of hydrogen-bond acceptors (Lipinski definition) is 2. The van der Waals surface area contributed by atoms with Crippen LogP contribution in [0.1, 0.15) is 46.5 Å². The topological polar surface area (TPSA) is 15.3 Å². The zero-order chi connectivity index (χ0) is 15.3. The van der Waals surface area contributed by atoms with Gasteiger partial charge in [-0.05, 0) is 55.7 Å². The quantitative estimate of drug-likeness (QED) is 0.839. The molecule has 0 aliphatic heterocycles. The molecule has 1 aliphatic carbocycles. The second-order valence-corrected chi connectivity index (χ2v) is 7.44. The normalized spacial score (nSPS) is 24.8. The SMILES string of the molecule is CCCNC1CCC(C)(C)CC1CN(C)c1ccccc1. The Morgan fingerprint density at radius 1 is 1.24 bits per heavy atom. The molecule has 21 heavy (non-hydrogen) atoms. The average molecular weight is 288 g/mol. The molecule has 2 unspecified atom stereocenters. The van der Waals surface area contributed by atoms with Crippen molar-refractivity contribution >= 4 is 5.69 Å². The Kier molecular flexibility index (Phi) is 5.69. The molecular formula is C19H32N2. The van der Waals surface area contributed by atoms with Crippen LogP contribution in [0.2, 0.25) is 0 Å². The molecule has 0 bridgehead atoms. The Labute approximate surface area is 130 Å². The molecule has 0 radical (unpaired) electrons. The molecule has 1 fully saturated rings. The summed E-state index contributed by atoms with van der Waals surface area (Å²) in [5, 5.41) is 3.79. The van der Waals surface area contributed by atoms with E-state index < -0.39 is 0 Å². The fourth-order valence-electron chi connectivity index (χ4n) is 3.67. The maximum atomic E-state index is 3.79. The molecule has 1 aromatic carbocycles. The van der Waals surface area contributed by atoms with Gasteiger partial charge >= 0.3 is 0 Å². The summed E-state index contributed by atoms with van der Waals surface area (Å²) in [5.41, 5.74) is 1.82. The van der Waals surface area contributed by atoms with E-state index >= 15 is 0 Å². The lowest BCUT2D eigenvalue weighted by Gasteiger charge is -2.43. The van der Waals surface area contributed by atoms with Crippen LogP contribution in [0.15, 0.2) is 30.3 Å². The lowest BCUT2D eigenvalue weighted by Crippen LogP contribution is -2.47. The van der Waals surface area contributed by atoms with E-state index in [-0.39, 0.29) is 0 Å². The van der Waals surface area contributed by atoms with Gasteiger partial charge in [0, 0.05) is 25.3 Å². The van der Waals surface area contributed by atoms with Crippen molar-refractivity contribution in [1.82, 2.24) is 5.32 Å².